The van der Waals surface area contributed by atoms with Crippen molar-refractivity contribution in [3.8, 4) is 5.75 Å². The average Bonchev–Trinajstić information content (AvgIpc) is 2.38. The number of hydrogen-bond donors (Lipinski definition) is 2. The molecule has 0 spiro atoms. The monoisotopic (exact) mass is 301 g/mol. The van der Waals surface area contributed by atoms with E-state index in [4.69, 9.17) is 9.84 Å². The Balaban J connectivity index is 2.73. The van der Waals surface area contributed by atoms with Crippen LogP contribution in [-0.2, 0) is 10.0 Å². The fourth-order valence-electron chi connectivity index (χ4n) is 1.65. The van der Waals surface area contributed by atoms with Gasteiger partial charge in [0.1, 0.15) is 5.75 Å². The van der Waals surface area contributed by atoms with Gasteiger partial charge < -0.3 is 9.84 Å². The predicted octanol–water partition coefficient (Wildman–Crippen LogP) is 1.77. The Kier molecular flexibility index (Phi) is 5.98. The molecular weight excluding hydrogens is 278 g/mol. The lowest BCUT2D eigenvalue weighted by Crippen LogP contribution is -2.34. The Labute approximate surface area is 121 Å². The number of nitrogens with one attached hydrogen (secondary N) is 1. The number of hydrogen-bond acceptors (Lipinski definition) is 4. The van der Waals surface area contributed by atoms with E-state index in [0.717, 1.165) is 0 Å². The molecule has 0 atom stereocenters. The normalized spacial score (nSPS) is 12.4. The third kappa shape index (κ3) is 5.11. The first kappa shape index (κ1) is 16.9. The van der Waals surface area contributed by atoms with Crippen LogP contribution < -0.4 is 9.46 Å². The molecule has 1 rings (SSSR count). The molecule has 0 saturated carbocycles. The summed E-state index contributed by atoms with van der Waals surface area (Å²) in [6.45, 7) is 6.55. The molecule has 0 saturated heterocycles. The van der Waals surface area contributed by atoms with Gasteiger partial charge >= 0.3 is 0 Å². The van der Waals surface area contributed by atoms with Gasteiger partial charge in [0.05, 0.1) is 11.5 Å². The molecule has 20 heavy (non-hydrogen) atoms. The summed E-state index contributed by atoms with van der Waals surface area (Å²) >= 11 is 0. The molecule has 0 amide bonds. The molecule has 0 radical (unpaired) electrons. The van der Waals surface area contributed by atoms with Gasteiger partial charge in [-0.05, 0) is 43.0 Å². The molecule has 1 aromatic rings. The average molecular weight is 301 g/mol. The number of aliphatic hydroxyl groups is 1. The van der Waals surface area contributed by atoms with Gasteiger partial charge in [0, 0.05) is 13.2 Å². The van der Waals surface area contributed by atoms with E-state index in [1.165, 1.54) is 12.1 Å². The van der Waals surface area contributed by atoms with Crippen LogP contribution in [0.2, 0.25) is 0 Å². The molecule has 1 aromatic carbocycles. The van der Waals surface area contributed by atoms with E-state index in [-0.39, 0.29) is 23.5 Å². The maximum Gasteiger partial charge on any atom is 0.240 e. The number of sulfonamides is 1. The van der Waals surface area contributed by atoms with Crippen LogP contribution in [0.3, 0.4) is 0 Å². The van der Waals surface area contributed by atoms with Crippen molar-refractivity contribution in [1.82, 2.24) is 4.72 Å². The second kappa shape index (κ2) is 7.06. The Bertz CT molecular complexity index is 508. The highest BCUT2D eigenvalue weighted by atomic mass is 32.2. The van der Waals surface area contributed by atoms with Crippen molar-refractivity contribution in [3.05, 3.63) is 24.3 Å². The molecule has 2 N–H and O–H groups in total. The first-order chi connectivity index (χ1) is 9.30. The van der Waals surface area contributed by atoms with Crippen molar-refractivity contribution < 1.29 is 18.3 Å². The Morgan fingerprint density at radius 3 is 2.35 bits per heavy atom. The lowest BCUT2D eigenvalue weighted by atomic mass is 9.90. The Hall–Kier alpha value is -1.11. The molecule has 0 aliphatic carbocycles. The molecule has 0 heterocycles. The SMILES string of the molecule is CCOc1ccc(S(=O)(=O)NCC(C)(C)CCO)cc1. The summed E-state index contributed by atoms with van der Waals surface area (Å²) in [5.41, 5.74) is -0.285. The molecule has 5 nitrogen and oxygen atoms in total. The molecule has 0 bridgehead atoms. The van der Waals surface area contributed by atoms with Crippen LogP contribution in [0, 0.1) is 5.41 Å². The second-order valence-corrected chi connectivity index (χ2v) is 7.13. The quantitative estimate of drug-likeness (QED) is 0.767. The summed E-state index contributed by atoms with van der Waals surface area (Å²) < 4.78 is 32.1. The number of rotatable bonds is 8. The van der Waals surface area contributed by atoms with Crippen LogP contribution in [0.4, 0.5) is 0 Å². The molecule has 0 fully saturated rings. The van der Waals surface area contributed by atoms with E-state index in [2.05, 4.69) is 4.72 Å². The van der Waals surface area contributed by atoms with Crippen LogP contribution in [0.1, 0.15) is 27.2 Å². The van der Waals surface area contributed by atoms with Crippen LogP contribution in [0.5, 0.6) is 5.75 Å². The van der Waals surface area contributed by atoms with Gasteiger partial charge in [-0.25, -0.2) is 13.1 Å². The summed E-state index contributed by atoms with van der Waals surface area (Å²) in [4.78, 5) is 0.209. The van der Waals surface area contributed by atoms with Crippen molar-refractivity contribution in [2.24, 2.45) is 5.41 Å². The molecule has 0 aliphatic heterocycles. The van der Waals surface area contributed by atoms with E-state index in [9.17, 15) is 8.42 Å². The van der Waals surface area contributed by atoms with Gasteiger partial charge in [-0.2, -0.15) is 0 Å². The molecule has 6 heteroatoms. The zero-order valence-corrected chi connectivity index (χ0v) is 13.0. The maximum absolute atomic E-state index is 12.1. The van der Waals surface area contributed by atoms with Crippen molar-refractivity contribution >= 4 is 10.0 Å². The molecule has 0 unspecified atom stereocenters. The lowest BCUT2D eigenvalue weighted by molar-refractivity contribution is 0.213. The summed E-state index contributed by atoms with van der Waals surface area (Å²) in [5.74, 6) is 0.645. The highest BCUT2D eigenvalue weighted by Crippen LogP contribution is 2.20. The van der Waals surface area contributed by atoms with Crippen LogP contribution >= 0.6 is 0 Å². The summed E-state index contributed by atoms with van der Waals surface area (Å²) in [6, 6.07) is 6.31. The minimum absolute atomic E-state index is 0.0395. The first-order valence-corrected chi connectivity index (χ1v) is 8.12. The Morgan fingerprint density at radius 1 is 1.25 bits per heavy atom. The highest BCUT2D eigenvalue weighted by Gasteiger charge is 2.21. The second-order valence-electron chi connectivity index (χ2n) is 5.37. The minimum Gasteiger partial charge on any atom is -0.494 e. The van der Waals surface area contributed by atoms with E-state index >= 15 is 0 Å². The van der Waals surface area contributed by atoms with Crippen molar-refractivity contribution in [2.45, 2.75) is 32.1 Å². The fourth-order valence-corrected chi connectivity index (χ4v) is 2.89. The third-order valence-electron chi connectivity index (χ3n) is 2.97. The summed E-state index contributed by atoms with van der Waals surface area (Å²) in [5, 5.41) is 8.94. The van der Waals surface area contributed by atoms with Crippen molar-refractivity contribution in [1.29, 1.82) is 0 Å². The van der Waals surface area contributed by atoms with Crippen LogP contribution in [0.15, 0.2) is 29.2 Å². The van der Waals surface area contributed by atoms with Gasteiger partial charge in [-0.1, -0.05) is 13.8 Å². The predicted molar refractivity (Wildman–Crippen MR) is 78.3 cm³/mol. The van der Waals surface area contributed by atoms with Gasteiger partial charge in [0.15, 0.2) is 0 Å². The smallest absolute Gasteiger partial charge is 0.240 e. The number of benzene rings is 1. The largest absolute Gasteiger partial charge is 0.494 e. The summed E-state index contributed by atoms with van der Waals surface area (Å²) in [7, 11) is -3.53. The first-order valence-electron chi connectivity index (χ1n) is 6.64. The van der Waals surface area contributed by atoms with E-state index in [1.807, 2.05) is 20.8 Å². The fraction of sp³-hybridized carbons (Fsp3) is 0.571. The van der Waals surface area contributed by atoms with E-state index in [1.54, 1.807) is 12.1 Å². The highest BCUT2D eigenvalue weighted by molar-refractivity contribution is 7.89. The van der Waals surface area contributed by atoms with Gasteiger partial charge in [0.2, 0.25) is 10.0 Å². The molecule has 0 aliphatic rings. The van der Waals surface area contributed by atoms with Gasteiger partial charge in [0.25, 0.3) is 0 Å². The minimum atomic E-state index is -3.53. The van der Waals surface area contributed by atoms with Crippen molar-refractivity contribution in [3.63, 3.8) is 0 Å². The van der Waals surface area contributed by atoms with Crippen LogP contribution in [0.25, 0.3) is 0 Å². The zero-order valence-electron chi connectivity index (χ0n) is 12.2. The molecule has 0 aromatic heterocycles. The molecule has 114 valence electrons. The maximum atomic E-state index is 12.1. The zero-order chi connectivity index (χ0) is 15.2. The Morgan fingerprint density at radius 2 is 1.85 bits per heavy atom. The van der Waals surface area contributed by atoms with Gasteiger partial charge in [-0.15, -0.1) is 0 Å². The van der Waals surface area contributed by atoms with E-state index in [0.29, 0.717) is 18.8 Å². The molecular formula is C14H23NO4S. The summed E-state index contributed by atoms with van der Waals surface area (Å²) in [6.07, 6.45) is 0.540. The number of ether oxygens (including phenoxy) is 1. The van der Waals surface area contributed by atoms with Crippen molar-refractivity contribution in [2.75, 3.05) is 19.8 Å². The standard InChI is InChI=1S/C14H23NO4S/c1-4-19-12-5-7-13(8-6-12)20(17,18)15-11-14(2,3)9-10-16/h5-8,15-16H,4,9-11H2,1-3H3. The van der Waals surface area contributed by atoms with Crippen LogP contribution in [-0.4, -0.2) is 33.3 Å². The number of aliphatic hydroxyl groups excluding tert-OH is 1. The third-order valence-corrected chi connectivity index (χ3v) is 4.39. The van der Waals surface area contributed by atoms with Gasteiger partial charge in [-0.3, -0.25) is 0 Å². The lowest BCUT2D eigenvalue weighted by Gasteiger charge is -2.23. The topological polar surface area (TPSA) is 75.6 Å². The van der Waals surface area contributed by atoms with E-state index < -0.39 is 10.0 Å².